The standard InChI is InChI=1S/C22H21FN2O4.ClH/c23-17-7-3-6-16-20(17)22(27)25(21(16)26)14-5-4-10-24(11-14)12-15-13-28-18-8-1-2-9-19(18)29-15;/h1-3,6-9,14-15H,4-5,10-13H2;1H/t14-,15-;/m0./s1. The molecule has 0 radical (unpaired) electrons. The monoisotopic (exact) mass is 432 g/mol. The van der Waals surface area contributed by atoms with E-state index in [9.17, 15) is 14.0 Å². The van der Waals surface area contributed by atoms with Gasteiger partial charge in [-0.2, -0.15) is 0 Å². The van der Waals surface area contributed by atoms with Crippen molar-refractivity contribution < 1.29 is 23.5 Å². The number of likely N-dealkylation sites (tertiary alicyclic amines) is 1. The molecule has 0 N–H and O–H groups in total. The molecule has 0 aliphatic carbocycles. The van der Waals surface area contributed by atoms with Gasteiger partial charge in [-0.1, -0.05) is 18.2 Å². The molecule has 2 aromatic carbocycles. The molecule has 0 saturated carbocycles. The van der Waals surface area contributed by atoms with Crippen molar-refractivity contribution in [2.24, 2.45) is 0 Å². The van der Waals surface area contributed by atoms with Gasteiger partial charge in [-0.25, -0.2) is 4.39 Å². The lowest BCUT2D eigenvalue weighted by molar-refractivity contribution is 0.0299. The van der Waals surface area contributed by atoms with Gasteiger partial charge in [0, 0.05) is 13.1 Å². The number of carbonyl (C=O) groups is 2. The Bertz CT molecular complexity index is 985. The molecule has 158 valence electrons. The molecule has 0 aromatic heterocycles. The Balaban J connectivity index is 0.00000218. The Hall–Kier alpha value is -2.64. The number of nitrogens with zero attached hydrogens (tertiary/aromatic N) is 2. The highest BCUT2D eigenvalue weighted by molar-refractivity contribution is 6.21. The van der Waals surface area contributed by atoms with Crippen molar-refractivity contribution in [2.45, 2.75) is 25.0 Å². The zero-order valence-corrected chi connectivity index (χ0v) is 17.1. The van der Waals surface area contributed by atoms with E-state index >= 15 is 0 Å². The molecule has 6 nitrogen and oxygen atoms in total. The van der Waals surface area contributed by atoms with Gasteiger partial charge in [0.05, 0.1) is 17.2 Å². The molecule has 3 aliphatic heterocycles. The number of rotatable bonds is 3. The fourth-order valence-electron chi connectivity index (χ4n) is 4.44. The number of benzene rings is 2. The van der Waals surface area contributed by atoms with Crippen LogP contribution in [-0.4, -0.2) is 60.0 Å². The number of imide groups is 1. The number of para-hydroxylation sites is 2. The molecular formula is C22H22ClFN2O4. The SMILES string of the molecule is Cl.O=C1c2cccc(F)c2C(=O)N1[C@H]1CCCN(C[C@H]2COc3ccccc3O2)C1. The molecule has 0 unspecified atom stereocenters. The lowest BCUT2D eigenvalue weighted by atomic mass is 10.0. The third-order valence-corrected chi connectivity index (χ3v) is 5.77. The molecule has 1 fully saturated rings. The van der Waals surface area contributed by atoms with Gasteiger partial charge in [0.1, 0.15) is 18.5 Å². The fraction of sp³-hybridized carbons (Fsp3) is 0.364. The zero-order chi connectivity index (χ0) is 20.0. The van der Waals surface area contributed by atoms with E-state index in [1.165, 1.54) is 23.1 Å². The van der Waals surface area contributed by atoms with E-state index in [2.05, 4.69) is 4.90 Å². The summed E-state index contributed by atoms with van der Waals surface area (Å²) in [6.45, 7) is 2.50. The van der Waals surface area contributed by atoms with Gasteiger partial charge in [-0.3, -0.25) is 19.4 Å². The smallest absolute Gasteiger partial charge is 0.264 e. The third-order valence-electron chi connectivity index (χ3n) is 5.77. The normalized spacial score (nSPS) is 23.2. The van der Waals surface area contributed by atoms with Crippen molar-refractivity contribution in [1.29, 1.82) is 0 Å². The van der Waals surface area contributed by atoms with Gasteiger partial charge in [-0.15, -0.1) is 12.4 Å². The number of halogens is 2. The number of piperidine rings is 1. The summed E-state index contributed by atoms with van der Waals surface area (Å²) in [7, 11) is 0. The molecule has 2 amide bonds. The van der Waals surface area contributed by atoms with Gasteiger partial charge >= 0.3 is 0 Å². The minimum absolute atomic E-state index is 0. The van der Waals surface area contributed by atoms with Crippen molar-refractivity contribution in [1.82, 2.24) is 9.80 Å². The fourth-order valence-corrected chi connectivity index (χ4v) is 4.44. The van der Waals surface area contributed by atoms with Crippen LogP contribution in [0, 0.1) is 5.82 Å². The predicted octanol–water partition coefficient (Wildman–Crippen LogP) is 3.15. The summed E-state index contributed by atoms with van der Waals surface area (Å²) >= 11 is 0. The maximum atomic E-state index is 14.1. The lowest BCUT2D eigenvalue weighted by Gasteiger charge is -2.38. The number of hydrogen-bond donors (Lipinski definition) is 0. The van der Waals surface area contributed by atoms with Crippen LogP contribution in [0.1, 0.15) is 33.6 Å². The van der Waals surface area contributed by atoms with Crippen LogP contribution in [0.4, 0.5) is 4.39 Å². The summed E-state index contributed by atoms with van der Waals surface area (Å²) in [6, 6.07) is 11.5. The molecule has 5 rings (SSSR count). The minimum atomic E-state index is -0.637. The van der Waals surface area contributed by atoms with Crippen LogP contribution in [0.25, 0.3) is 0 Å². The van der Waals surface area contributed by atoms with Crippen molar-refractivity contribution in [3.8, 4) is 11.5 Å². The van der Waals surface area contributed by atoms with Crippen LogP contribution in [0.3, 0.4) is 0 Å². The van der Waals surface area contributed by atoms with Gasteiger partial charge in [0.25, 0.3) is 11.8 Å². The summed E-state index contributed by atoms with van der Waals surface area (Å²) < 4.78 is 25.9. The zero-order valence-electron chi connectivity index (χ0n) is 16.3. The topological polar surface area (TPSA) is 59.1 Å². The molecule has 1 saturated heterocycles. The van der Waals surface area contributed by atoms with E-state index < -0.39 is 17.6 Å². The summed E-state index contributed by atoms with van der Waals surface area (Å²) in [5.74, 6) is -0.0902. The molecule has 0 spiro atoms. The van der Waals surface area contributed by atoms with Crippen LogP contribution in [0.15, 0.2) is 42.5 Å². The predicted molar refractivity (Wildman–Crippen MR) is 110 cm³/mol. The number of amides is 2. The largest absolute Gasteiger partial charge is 0.486 e. The third kappa shape index (κ3) is 3.52. The first-order valence-corrected chi connectivity index (χ1v) is 9.89. The van der Waals surface area contributed by atoms with Gasteiger partial charge < -0.3 is 9.47 Å². The van der Waals surface area contributed by atoms with E-state index in [1.54, 1.807) is 0 Å². The molecule has 3 aliphatic rings. The maximum absolute atomic E-state index is 14.1. The Morgan fingerprint density at radius 1 is 1.03 bits per heavy atom. The summed E-state index contributed by atoms with van der Waals surface area (Å²) in [6.07, 6.45) is 1.45. The van der Waals surface area contributed by atoms with E-state index in [0.717, 1.165) is 24.5 Å². The summed E-state index contributed by atoms with van der Waals surface area (Å²) in [5.41, 5.74) is 0.0583. The van der Waals surface area contributed by atoms with Crippen LogP contribution < -0.4 is 9.47 Å². The summed E-state index contributed by atoms with van der Waals surface area (Å²) in [5, 5.41) is 0. The molecule has 2 aromatic rings. The second-order valence-corrected chi connectivity index (χ2v) is 7.70. The first-order chi connectivity index (χ1) is 14.1. The van der Waals surface area contributed by atoms with E-state index in [0.29, 0.717) is 26.1 Å². The van der Waals surface area contributed by atoms with Crippen molar-refractivity contribution in [3.63, 3.8) is 0 Å². The van der Waals surface area contributed by atoms with Gasteiger partial charge in [0.2, 0.25) is 0 Å². The van der Waals surface area contributed by atoms with E-state index in [-0.39, 0.29) is 35.7 Å². The van der Waals surface area contributed by atoms with Crippen molar-refractivity contribution >= 4 is 24.2 Å². The van der Waals surface area contributed by atoms with Crippen LogP contribution >= 0.6 is 12.4 Å². The van der Waals surface area contributed by atoms with Crippen LogP contribution in [-0.2, 0) is 0 Å². The average molecular weight is 433 g/mol. The minimum Gasteiger partial charge on any atom is -0.486 e. The Labute approximate surface area is 180 Å². The molecule has 30 heavy (non-hydrogen) atoms. The second-order valence-electron chi connectivity index (χ2n) is 7.70. The van der Waals surface area contributed by atoms with Crippen molar-refractivity contribution in [2.75, 3.05) is 26.2 Å². The van der Waals surface area contributed by atoms with E-state index in [4.69, 9.17) is 9.47 Å². The average Bonchev–Trinajstić information content (AvgIpc) is 2.99. The molecule has 2 atom stereocenters. The van der Waals surface area contributed by atoms with Gasteiger partial charge in [-0.05, 0) is 43.7 Å². The number of carbonyl (C=O) groups excluding carboxylic acids is 2. The highest BCUT2D eigenvalue weighted by Gasteiger charge is 2.43. The Morgan fingerprint density at radius 3 is 2.63 bits per heavy atom. The van der Waals surface area contributed by atoms with Crippen molar-refractivity contribution in [3.05, 3.63) is 59.4 Å². The van der Waals surface area contributed by atoms with Crippen LogP contribution in [0.5, 0.6) is 11.5 Å². The van der Waals surface area contributed by atoms with Crippen LogP contribution in [0.2, 0.25) is 0 Å². The molecule has 3 heterocycles. The highest BCUT2D eigenvalue weighted by Crippen LogP contribution is 2.32. The maximum Gasteiger partial charge on any atom is 0.264 e. The lowest BCUT2D eigenvalue weighted by Crippen LogP contribution is -2.52. The summed E-state index contributed by atoms with van der Waals surface area (Å²) in [4.78, 5) is 29.0. The first-order valence-electron chi connectivity index (χ1n) is 9.89. The number of ether oxygens (including phenoxy) is 2. The number of hydrogen-bond acceptors (Lipinski definition) is 5. The first kappa shape index (κ1) is 20.6. The number of fused-ring (bicyclic) bond motifs is 2. The Kier molecular flexibility index (Phi) is 5.66. The van der Waals surface area contributed by atoms with Gasteiger partial charge in [0.15, 0.2) is 11.5 Å². The quantitative estimate of drug-likeness (QED) is 0.697. The second kappa shape index (κ2) is 8.24. The molecule has 0 bridgehead atoms. The molecule has 8 heteroatoms. The van der Waals surface area contributed by atoms with E-state index in [1.807, 2.05) is 24.3 Å². The Morgan fingerprint density at radius 2 is 1.83 bits per heavy atom. The molecular weight excluding hydrogens is 411 g/mol. The highest BCUT2D eigenvalue weighted by atomic mass is 35.5.